The number of aromatic nitrogens is 4. The number of fused-ring (bicyclic) bond motifs is 1. The van der Waals surface area contributed by atoms with Crippen molar-refractivity contribution in [1.82, 2.24) is 24.6 Å². The molecule has 0 bridgehead atoms. The molecule has 0 unspecified atom stereocenters. The van der Waals surface area contributed by atoms with E-state index in [0.29, 0.717) is 5.92 Å². The van der Waals surface area contributed by atoms with Gasteiger partial charge < -0.3 is 5.32 Å². The van der Waals surface area contributed by atoms with Crippen LogP contribution in [0.2, 0.25) is 0 Å². The molecule has 0 amide bonds. The van der Waals surface area contributed by atoms with E-state index in [1.54, 1.807) is 0 Å². The van der Waals surface area contributed by atoms with Gasteiger partial charge in [0.25, 0.3) is 0 Å². The molecule has 4 rings (SSSR count). The predicted molar refractivity (Wildman–Crippen MR) is 99.5 cm³/mol. The molecule has 1 fully saturated rings. The molecule has 1 aliphatic heterocycles. The fraction of sp³-hybridized carbons (Fsp3) is 0.421. The van der Waals surface area contributed by atoms with Gasteiger partial charge >= 0.3 is 0 Å². The van der Waals surface area contributed by atoms with Crippen molar-refractivity contribution < 1.29 is 0 Å². The van der Waals surface area contributed by atoms with E-state index in [1.165, 1.54) is 24.1 Å². The molecule has 3 aromatic heterocycles. The zero-order chi connectivity index (χ0) is 17.2. The smallest absolute Gasteiger partial charge is 0.157 e. The molecule has 0 spiro atoms. The molecule has 1 atom stereocenters. The summed E-state index contributed by atoms with van der Waals surface area (Å²) in [6.45, 7) is 3.09. The van der Waals surface area contributed by atoms with E-state index in [4.69, 9.17) is 4.98 Å². The number of anilines is 1. The Balaban J connectivity index is 1.52. The quantitative estimate of drug-likeness (QED) is 0.794. The highest BCUT2D eigenvalue weighted by atomic mass is 15.3. The molecular formula is C19H24N6. The van der Waals surface area contributed by atoms with Crippen LogP contribution < -0.4 is 5.32 Å². The Labute approximate surface area is 147 Å². The maximum atomic E-state index is 4.88. The lowest BCUT2D eigenvalue weighted by Gasteiger charge is -2.32. The van der Waals surface area contributed by atoms with Gasteiger partial charge in [0, 0.05) is 55.9 Å². The lowest BCUT2D eigenvalue weighted by Crippen LogP contribution is -2.34. The van der Waals surface area contributed by atoms with Crippen molar-refractivity contribution in [2.75, 3.05) is 25.5 Å². The van der Waals surface area contributed by atoms with E-state index in [9.17, 15) is 0 Å². The summed E-state index contributed by atoms with van der Waals surface area (Å²) in [6.07, 6.45) is 6.10. The average molecular weight is 336 g/mol. The number of rotatable bonds is 4. The summed E-state index contributed by atoms with van der Waals surface area (Å²) < 4.78 is 1.86. The van der Waals surface area contributed by atoms with Gasteiger partial charge in [-0.1, -0.05) is 6.07 Å². The van der Waals surface area contributed by atoms with Gasteiger partial charge in [0.2, 0.25) is 0 Å². The van der Waals surface area contributed by atoms with Crippen molar-refractivity contribution in [3.8, 4) is 0 Å². The first kappa shape index (κ1) is 16.0. The monoisotopic (exact) mass is 336 g/mol. The molecule has 0 saturated carbocycles. The summed E-state index contributed by atoms with van der Waals surface area (Å²) >= 11 is 0. The lowest BCUT2D eigenvalue weighted by atomic mass is 9.94. The van der Waals surface area contributed by atoms with Gasteiger partial charge in [-0.2, -0.15) is 5.10 Å². The minimum absolute atomic E-state index is 0.475. The second-order valence-corrected chi connectivity index (χ2v) is 6.75. The summed E-state index contributed by atoms with van der Waals surface area (Å²) in [5.41, 5.74) is 3.40. The van der Waals surface area contributed by atoms with Gasteiger partial charge in [0.05, 0.1) is 6.20 Å². The number of nitrogens with one attached hydrogen (secondary N) is 1. The number of pyridine rings is 2. The molecule has 25 heavy (non-hydrogen) atoms. The van der Waals surface area contributed by atoms with Crippen LogP contribution in [0.15, 0.2) is 36.7 Å². The third-order valence-corrected chi connectivity index (χ3v) is 5.05. The van der Waals surface area contributed by atoms with Crippen molar-refractivity contribution in [3.63, 3.8) is 0 Å². The van der Waals surface area contributed by atoms with Crippen LogP contribution in [0.3, 0.4) is 0 Å². The topological polar surface area (TPSA) is 58.9 Å². The molecule has 3 aromatic rings. The van der Waals surface area contributed by atoms with Crippen LogP contribution in [0, 0.1) is 0 Å². The minimum atomic E-state index is 0.475. The molecule has 1 saturated heterocycles. The lowest BCUT2D eigenvalue weighted by molar-refractivity contribution is 0.199. The predicted octanol–water partition coefficient (Wildman–Crippen LogP) is 2.78. The summed E-state index contributed by atoms with van der Waals surface area (Å²) in [5.74, 6) is 1.45. The molecule has 4 heterocycles. The number of likely N-dealkylation sites (tertiary alicyclic amines) is 1. The molecule has 0 radical (unpaired) electrons. The summed E-state index contributed by atoms with van der Waals surface area (Å²) in [5, 5.41) is 8.60. The maximum Gasteiger partial charge on any atom is 0.157 e. The van der Waals surface area contributed by atoms with Crippen LogP contribution in [-0.4, -0.2) is 44.8 Å². The molecule has 6 nitrogen and oxygen atoms in total. The summed E-state index contributed by atoms with van der Waals surface area (Å²) in [4.78, 5) is 11.8. The zero-order valence-corrected chi connectivity index (χ0v) is 14.8. The van der Waals surface area contributed by atoms with Gasteiger partial charge in [-0.05, 0) is 37.6 Å². The van der Waals surface area contributed by atoms with Gasteiger partial charge in [0.15, 0.2) is 5.65 Å². The van der Waals surface area contributed by atoms with E-state index in [-0.39, 0.29) is 0 Å². The number of aryl methyl sites for hydroxylation is 1. The first-order chi connectivity index (χ1) is 12.2. The Morgan fingerprint density at radius 1 is 1.28 bits per heavy atom. The SMILES string of the molecule is CNc1ncccc1CN1CCC[C@@H](c2ccc3cnn(C)c3n2)C1. The highest BCUT2D eigenvalue weighted by Crippen LogP contribution is 2.28. The van der Waals surface area contributed by atoms with E-state index in [0.717, 1.165) is 36.5 Å². The Bertz CT molecular complexity index is 871. The van der Waals surface area contributed by atoms with Crippen LogP contribution in [0.4, 0.5) is 5.82 Å². The zero-order valence-electron chi connectivity index (χ0n) is 14.8. The van der Waals surface area contributed by atoms with E-state index in [1.807, 2.05) is 37.2 Å². The van der Waals surface area contributed by atoms with E-state index < -0.39 is 0 Å². The molecular weight excluding hydrogens is 312 g/mol. The first-order valence-electron chi connectivity index (χ1n) is 8.87. The van der Waals surface area contributed by atoms with Crippen LogP contribution in [-0.2, 0) is 13.6 Å². The van der Waals surface area contributed by atoms with Gasteiger partial charge in [-0.25, -0.2) is 9.97 Å². The molecule has 0 aromatic carbocycles. The summed E-state index contributed by atoms with van der Waals surface area (Å²) in [6, 6.07) is 8.48. The fourth-order valence-electron chi connectivity index (χ4n) is 3.74. The summed E-state index contributed by atoms with van der Waals surface area (Å²) in [7, 11) is 3.88. The van der Waals surface area contributed by atoms with Crippen molar-refractivity contribution in [3.05, 3.63) is 47.9 Å². The fourth-order valence-corrected chi connectivity index (χ4v) is 3.74. The highest BCUT2D eigenvalue weighted by Gasteiger charge is 2.23. The third-order valence-electron chi connectivity index (χ3n) is 5.05. The van der Waals surface area contributed by atoms with Crippen molar-refractivity contribution in [1.29, 1.82) is 0 Å². The second-order valence-electron chi connectivity index (χ2n) is 6.75. The number of hydrogen-bond acceptors (Lipinski definition) is 5. The highest BCUT2D eigenvalue weighted by molar-refractivity contribution is 5.74. The molecule has 1 aliphatic rings. The first-order valence-corrected chi connectivity index (χ1v) is 8.87. The Kier molecular flexibility index (Phi) is 4.36. The van der Waals surface area contributed by atoms with Gasteiger partial charge in [-0.3, -0.25) is 9.58 Å². The number of hydrogen-bond donors (Lipinski definition) is 1. The molecule has 130 valence electrons. The van der Waals surface area contributed by atoms with Crippen LogP contribution in [0.5, 0.6) is 0 Å². The second kappa shape index (κ2) is 6.80. The van der Waals surface area contributed by atoms with Gasteiger partial charge in [-0.15, -0.1) is 0 Å². The Morgan fingerprint density at radius 2 is 2.20 bits per heavy atom. The van der Waals surface area contributed by atoms with Crippen molar-refractivity contribution in [2.45, 2.75) is 25.3 Å². The van der Waals surface area contributed by atoms with Crippen LogP contribution in [0.25, 0.3) is 11.0 Å². The average Bonchev–Trinajstić information content (AvgIpc) is 3.03. The number of nitrogens with zero attached hydrogens (tertiary/aromatic N) is 5. The molecule has 1 N–H and O–H groups in total. The van der Waals surface area contributed by atoms with Crippen LogP contribution in [0.1, 0.15) is 30.0 Å². The standard InChI is InChI=1S/C19H24N6/c1-20-18-16(5-3-9-21-18)13-25-10-4-6-15(12-25)17-8-7-14-11-22-24(2)19(14)23-17/h3,5,7-9,11,15H,4,6,10,12-13H2,1-2H3,(H,20,21)/t15-/m1/s1. The maximum absolute atomic E-state index is 4.88. The van der Waals surface area contributed by atoms with E-state index in [2.05, 4.69) is 38.5 Å². The van der Waals surface area contributed by atoms with Crippen molar-refractivity contribution >= 4 is 16.9 Å². The van der Waals surface area contributed by atoms with Crippen molar-refractivity contribution in [2.24, 2.45) is 7.05 Å². The molecule has 6 heteroatoms. The van der Waals surface area contributed by atoms with E-state index >= 15 is 0 Å². The van der Waals surface area contributed by atoms with Gasteiger partial charge in [0.1, 0.15) is 5.82 Å². The third kappa shape index (κ3) is 3.22. The Morgan fingerprint density at radius 3 is 3.08 bits per heavy atom. The normalized spacial score (nSPS) is 18.6. The minimum Gasteiger partial charge on any atom is -0.373 e. The molecule has 0 aliphatic carbocycles. The Hall–Kier alpha value is -2.47. The van der Waals surface area contributed by atoms with Crippen LogP contribution >= 0.6 is 0 Å². The number of piperidine rings is 1. The largest absolute Gasteiger partial charge is 0.373 e.